The van der Waals surface area contributed by atoms with Crippen molar-refractivity contribution in [2.75, 3.05) is 31.5 Å². The zero-order chi connectivity index (χ0) is 17.0. The van der Waals surface area contributed by atoms with Crippen molar-refractivity contribution in [1.29, 1.82) is 0 Å². The van der Waals surface area contributed by atoms with E-state index < -0.39 is 5.91 Å². The third kappa shape index (κ3) is 4.49. The van der Waals surface area contributed by atoms with Gasteiger partial charge in [0.05, 0.1) is 25.2 Å². The number of hydrogen-bond donors (Lipinski definition) is 2. The second kappa shape index (κ2) is 9.15. The number of carbonyl (C=O) groups excluding carboxylic acids is 2. The quantitative estimate of drug-likeness (QED) is 0.423. The number of nitrogens with one attached hydrogen (secondary N) is 1. The molecule has 24 heavy (non-hydrogen) atoms. The van der Waals surface area contributed by atoms with E-state index >= 15 is 0 Å². The van der Waals surface area contributed by atoms with Crippen LogP contribution in [0.2, 0.25) is 0 Å². The minimum Gasteiger partial charge on any atom is -1.00 e. The number of anilines is 1. The molecule has 0 saturated carbocycles. The molecule has 1 aromatic heterocycles. The highest BCUT2D eigenvalue weighted by molar-refractivity contribution is 7.17. The topological polar surface area (TPSA) is 72.2 Å². The Morgan fingerprint density at radius 1 is 1.12 bits per heavy atom. The molecule has 3 N–H and O–H groups in total. The smallest absolute Gasteiger partial charge is 0.280 e. The number of primary amides is 1. The maximum Gasteiger partial charge on any atom is 0.280 e. The van der Waals surface area contributed by atoms with Crippen LogP contribution in [0.3, 0.4) is 0 Å². The molecule has 1 aliphatic carbocycles. The third-order valence-corrected chi connectivity index (χ3v) is 6.37. The van der Waals surface area contributed by atoms with E-state index in [0.29, 0.717) is 17.1 Å². The van der Waals surface area contributed by atoms with Crippen molar-refractivity contribution in [3.63, 3.8) is 0 Å². The third-order valence-electron chi connectivity index (χ3n) is 5.16. The van der Waals surface area contributed by atoms with Crippen LogP contribution in [0, 0.1) is 0 Å². The summed E-state index contributed by atoms with van der Waals surface area (Å²) in [4.78, 5) is 25.6. The Balaban J connectivity index is 0.00000288. The van der Waals surface area contributed by atoms with E-state index in [9.17, 15) is 9.59 Å². The monoisotopic (exact) mass is 465 g/mol. The van der Waals surface area contributed by atoms with E-state index in [1.54, 1.807) is 0 Å². The van der Waals surface area contributed by atoms with Crippen molar-refractivity contribution < 1.29 is 38.0 Å². The van der Waals surface area contributed by atoms with Gasteiger partial charge in [0.2, 0.25) is 0 Å². The highest BCUT2D eigenvalue weighted by atomic mass is 127. The van der Waals surface area contributed by atoms with Crippen LogP contribution in [0.1, 0.15) is 54.4 Å². The van der Waals surface area contributed by atoms with Gasteiger partial charge in [-0.15, -0.1) is 11.3 Å². The summed E-state index contributed by atoms with van der Waals surface area (Å²) in [7, 11) is 0. The first kappa shape index (κ1) is 21.4. The molecule has 2 amide bonds. The highest BCUT2D eigenvalue weighted by Gasteiger charge is 2.28. The van der Waals surface area contributed by atoms with Crippen molar-refractivity contribution in [3.05, 3.63) is 16.0 Å². The Morgan fingerprint density at radius 3 is 2.25 bits per heavy atom. The number of nitrogens with zero attached hydrogens (tertiary/aromatic N) is 1. The van der Waals surface area contributed by atoms with Gasteiger partial charge in [-0.1, -0.05) is 0 Å². The van der Waals surface area contributed by atoms with Gasteiger partial charge in [-0.05, 0) is 52.0 Å². The number of amides is 2. The van der Waals surface area contributed by atoms with Crippen molar-refractivity contribution >= 4 is 28.2 Å². The fraction of sp³-hybridized carbons (Fsp3) is 0.647. The zero-order valence-corrected chi connectivity index (χ0v) is 17.8. The summed E-state index contributed by atoms with van der Waals surface area (Å²) in [5, 5.41) is 3.62. The van der Waals surface area contributed by atoms with E-state index in [2.05, 4.69) is 26.1 Å². The number of hydrogen-bond acceptors (Lipinski definition) is 3. The maximum absolute atomic E-state index is 12.5. The summed E-state index contributed by atoms with van der Waals surface area (Å²) in [6.45, 7) is 9.53. The van der Waals surface area contributed by atoms with Gasteiger partial charge in [0.15, 0.2) is 6.54 Å². The number of quaternary nitrogens is 1. The molecule has 0 atom stereocenters. The molecule has 136 valence electrons. The maximum atomic E-state index is 12.5. The summed E-state index contributed by atoms with van der Waals surface area (Å²) in [6, 6.07) is 0. The normalized spacial score (nSPS) is 13.8. The number of thiophene rings is 1. The second-order valence-corrected chi connectivity index (χ2v) is 7.38. The van der Waals surface area contributed by atoms with Gasteiger partial charge < -0.3 is 39.5 Å². The number of aryl methyl sites for hydroxylation is 1. The summed E-state index contributed by atoms with van der Waals surface area (Å²) in [5.74, 6) is -0.460. The fourth-order valence-corrected chi connectivity index (χ4v) is 4.70. The van der Waals surface area contributed by atoms with Crippen molar-refractivity contribution in [3.8, 4) is 0 Å². The summed E-state index contributed by atoms with van der Waals surface area (Å²) < 4.78 is 0.753. The molecule has 0 unspecified atom stereocenters. The lowest BCUT2D eigenvalue weighted by atomic mass is 9.95. The molecular formula is C17H28IN3O2S. The Morgan fingerprint density at radius 2 is 1.71 bits per heavy atom. The lowest BCUT2D eigenvalue weighted by Gasteiger charge is -2.34. The average molecular weight is 465 g/mol. The lowest BCUT2D eigenvalue weighted by molar-refractivity contribution is -0.915. The number of likely N-dealkylation sites (N-methyl/N-ethyl adjacent to an activating group) is 1. The van der Waals surface area contributed by atoms with Gasteiger partial charge in [0.25, 0.3) is 11.8 Å². The average Bonchev–Trinajstić information content (AvgIpc) is 2.90. The highest BCUT2D eigenvalue weighted by Crippen LogP contribution is 2.37. The Kier molecular flexibility index (Phi) is 8.14. The number of rotatable bonds is 7. The Bertz CT molecular complexity index is 589. The van der Waals surface area contributed by atoms with E-state index in [4.69, 9.17) is 5.73 Å². The van der Waals surface area contributed by atoms with Crippen LogP contribution in [-0.2, 0) is 17.6 Å². The first-order valence-electron chi connectivity index (χ1n) is 8.55. The van der Waals surface area contributed by atoms with Crippen molar-refractivity contribution in [1.82, 2.24) is 0 Å². The molecular weight excluding hydrogens is 437 g/mol. The Labute approximate surface area is 165 Å². The number of fused-ring (bicyclic) bond motifs is 1. The molecule has 1 aliphatic rings. The van der Waals surface area contributed by atoms with Gasteiger partial charge in [-0.3, -0.25) is 9.59 Å². The molecule has 0 radical (unpaired) electrons. The van der Waals surface area contributed by atoms with E-state index in [-0.39, 0.29) is 29.9 Å². The fourth-order valence-electron chi connectivity index (χ4n) is 3.39. The van der Waals surface area contributed by atoms with Gasteiger partial charge >= 0.3 is 0 Å². The molecule has 5 nitrogen and oxygen atoms in total. The van der Waals surface area contributed by atoms with Crippen LogP contribution < -0.4 is 35.0 Å². The first-order chi connectivity index (χ1) is 11.0. The molecule has 1 aromatic rings. The summed E-state index contributed by atoms with van der Waals surface area (Å²) >= 11 is 1.53. The molecule has 0 aromatic carbocycles. The molecule has 0 bridgehead atoms. The van der Waals surface area contributed by atoms with E-state index in [1.165, 1.54) is 16.2 Å². The largest absolute Gasteiger partial charge is 1.00 e. The SMILES string of the molecule is CC[N+](CC)(CC)CC(=O)Nc1sc2c(c1C(N)=O)CCCC2.[I-]. The van der Waals surface area contributed by atoms with E-state index in [0.717, 1.165) is 55.4 Å². The predicted octanol–water partition coefficient (Wildman–Crippen LogP) is -0.455. The van der Waals surface area contributed by atoms with Crippen LogP contribution in [0.5, 0.6) is 0 Å². The van der Waals surface area contributed by atoms with Crippen LogP contribution in [-0.4, -0.2) is 42.5 Å². The van der Waals surface area contributed by atoms with E-state index in [1.807, 2.05) is 0 Å². The van der Waals surface area contributed by atoms with Gasteiger partial charge in [0.1, 0.15) is 5.00 Å². The number of carbonyl (C=O) groups is 2. The van der Waals surface area contributed by atoms with Crippen LogP contribution in [0.15, 0.2) is 0 Å². The molecule has 0 spiro atoms. The van der Waals surface area contributed by atoms with Crippen LogP contribution in [0.4, 0.5) is 5.00 Å². The van der Waals surface area contributed by atoms with Gasteiger partial charge in [-0.25, -0.2) is 0 Å². The zero-order valence-electron chi connectivity index (χ0n) is 14.8. The first-order valence-corrected chi connectivity index (χ1v) is 9.37. The molecule has 7 heteroatoms. The molecule has 0 saturated heterocycles. The van der Waals surface area contributed by atoms with Gasteiger partial charge in [0, 0.05) is 4.88 Å². The van der Waals surface area contributed by atoms with Crippen molar-refractivity contribution in [2.45, 2.75) is 46.5 Å². The van der Waals surface area contributed by atoms with Crippen LogP contribution in [0.25, 0.3) is 0 Å². The summed E-state index contributed by atoms with van der Waals surface area (Å²) in [6.07, 6.45) is 4.09. The number of nitrogens with two attached hydrogens (primary N) is 1. The lowest BCUT2D eigenvalue weighted by Crippen LogP contribution is -3.00. The second-order valence-electron chi connectivity index (χ2n) is 6.28. The van der Waals surface area contributed by atoms with Crippen LogP contribution >= 0.6 is 11.3 Å². The summed E-state index contributed by atoms with van der Waals surface area (Å²) in [5.41, 5.74) is 7.18. The van der Waals surface area contributed by atoms with Gasteiger partial charge in [-0.2, -0.15) is 0 Å². The molecule has 0 fully saturated rings. The predicted molar refractivity (Wildman–Crippen MR) is 94.9 cm³/mol. The minimum atomic E-state index is -0.429. The number of halogens is 1. The Hall–Kier alpha value is -0.670. The van der Waals surface area contributed by atoms with Crippen molar-refractivity contribution in [2.24, 2.45) is 5.73 Å². The molecule has 1 heterocycles. The molecule has 2 rings (SSSR count). The molecule has 0 aliphatic heterocycles. The standard InChI is InChI=1S/C17H27N3O2S.HI/c1-4-20(5-2,6-3)11-14(21)19-17-15(16(18)22)12-9-7-8-10-13(12)23-17;/h4-11H2,1-3H3,(H2-,18,19,21,22);1H. The minimum absolute atomic E-state index is 0.